The number of methoxy groups -OCH3 is 1. The van der Waals surface area contributed by atoms with E-state index < -0.39 is 0 Å². The first-order chi connectivity index (χ1) is 5.75. The number of hydrogen-bond acceptors (Lipinski definition) is 3. The van der Waals surface area contributed by atoms with Gasteiger partial charge in [-0.2, -0.15) is 0 Å². The van der Waals surface area contributed by atoms with E-state index in [1.54, 1.807) is 7.11 Å². The van der Waals surface area contributed by atoms with Gasteiger partial charge in [0.05, 0.1) is 12.6 Å². The van der Waals surface area contributed by atoms with Gasteiger partial charge in [-0.05, 0) is 11.6 Å². The van der Waals surface area contributed by atoms with E-state index in [1.807, 2.05) is 24.3 Å². The lowest BCUT2D eigenvalue weighted by atomic mass is 10.1. The third kappa shape index (κ3) is 2.24. The Morgan fingerprint density at radius 2 is 2.17 bits per heavy atom. The zero-order chi connectivity index (χ0) is 8.97. The van der Waals surface area contributed by atoms with Gasteiger partial charge in [-0.25, -0.2) is 0 Å². The minimum absolute atomic E-state index is 0.0799. The highest BCUT2D eigenvalue weighted by atomic mass is 32.1. The summed E-state index contributed by atoms with van der Waals surface area (Å²) in [7, 11) is 1.64. The summed E-state index contributed by atoms with van der Waals surface area (Å²) in [6.45, 7) is 0.525. The summed E-state index contributed by atoms with van der Waals surface area (Å²) in [4.78, 5) is 0.919. The van der Waals surface area contributed by atoms with Crippen molar-refractivity contribution in [2.75, 3.05) is 13.7 Å². The molecule has 0 aromatic heterocycles. The van der Waals surface area contributed by atoms with Gasteiger partial charge in [-0.15, -0.1) is 12.6 Å². The molecule has 0 fully saturated rings. The molecular weight excluding hydrogens is 170 g/mol. The Bertz CT molecular complexity index is 252. The second-order valence-electron chi connectivity index (χ2n) is 2.62. The fraction of sp³-hybridized carbons (Fsp3) is 0.333. The van der Waals surface area contributed by atoms with Crippen molar-refractivity contribution in [1.82, 2.24) is 0 Å². The van der Waals surface area contributed by atoms with Crippen LogP contribution in [0.4, 0.5) is 0 Å². The maximum Gasteiger partial charge on any atom is 0.0655 e. The highest BCUT2D eigenvalue weighted by Crippen LogP contribution is 2.18. The number of nitrogens with two attached hydrogens (primary N) is 1. The van der Waals surface area contributed by atoms with Crippen LogP contribution in [0.2, 0.25) is 0 Å². The van der Waals surface area contributed by atoms with E-state index >= 15 is 0 Å². The van der Waals surface area contributed by atoms with Crippen LogP contribution in [0, 0.1) is 0 Å². The normalized spacial score (nSPS) is 12.9. The zero-order valence-corrected chi connectivity index (χ0v) is 7.92. The van der Waals surface area contributed by atoms with Crippen molar-refractivity contribution in [2.45, 2.75) is 10.9 Å². The van der Waals surface area contributed by atoms with E-state index in [2.05, 4.69) is 12.6 Å². The Hall–Kier alpha value is -0.510. The average molecular weight is 183 g/mol. The average Bonchev–Trinajstić information content (AvgIpc) is 2.05. The maximum atomic E-state index is 5.83. The number of benzene rings is 1. The van der Waals surface area contributed by atoms with Crippen molar-refractivity contribution in [3.8, 4) is 0 Å². The summed E-state index contributed by atoms with van der Waals surface area (Å²) >= 11 is 4.29. The Morgan fingerprint density at radius 3 is 2.75 bits per heavy atom. The molecule has 66 valence electrons. The first kappa shape index (κ1) is 9.58. The quantitative estimate of drug-likeness (QED) is 0.698. The summed E-state index contributed by atoms with van der Waals surface area (Å²) < 4.78 is 4.95. The number of hydrogen-bond donors (Lipinski definition) is 2. The zero-order valence-electron chi connectivity index (χ0n) is 7.03. The third-order valence-electron chi connectivity index (χ3n) is 1.68. The maximum absolute atomic E-state index is 5.83. The smallest absolute Gasteiger partial charge is 0.0655 e. The first-order valence-corrected chi connectivity index (χ1v) is 4.23. The third-order valence-corrected chi connectivity index (χ3v) is 2.09. The predicted molar refractivity (Wildman–Crippen MR) is 52.5 cm³/mol. The van der Waals surface area contributed by atoms with Crippen molar-refractivity contribution >= 4 is 12.6 Å². The number of ether oxygens (including phenoxy) is 1. The Kier molecular flexibility index (Phi) is 3.59. The van der Waals surface area contributed by atoms with Gasteiger partial charge >= 0.3 is 0 Å². The summed E-state index contributed by atoms with van der Waals surface area (Å²) in [5, 5.41) is 0. The molecule has 0 aliphatic carbocycles. The van der Waals surface area contributed by atoms with Crippen LogP contribution in [0.3, 0.4) is 0 Å². The van der Waals surface area contributed by atoms with Gasteiger partial charge in [0, 0.05) is 12.0 Å². The molecule has 0 heterocycles. The lowest BCUT2D eigenvalue weighted by Gasteiger charge is -2.12. The molecule has 1 atom stereocenters. The van der Waals surface area contributed by atoms with E-state index in [1.165, 1.54) is 0 Å². The molecule has 0 amide bonds. The number of thiol groups is 1. The van der Waals surface area contributed by atoms with Gasteiger partial charge in [-0.1, -0.05) is 18.2 Å². The predicted octanol–water partition coefficient (Wildman–Crippen LogP) is 1.62. The van der Waals surface area contributed by atoms with E-state index in [0.717, 1.165) is 10.5 Å². The Labute approximate surface area is 78.1 Å². The Balaban J connectivity index is 2.79. The van der Waals surface area contributed by atoms with Crippen LogP contribution >= 0.6 is 12.6 Å². The molecule has 0 radical (unpaired) electrons. The van der Waals surface area contributed by atoms with E-state index in [4.69, 9.17) is 10.5 Å². The summed E-state index contributed by atoms with van der Waals surface area (Å²) in [6, 6.07) is 7.69. The lowest BCUT2D eigenvalue weighted by Crippen LogP contribution is -2.16. The van der Waals surface area contributed by atoms with Gasteiger partial charge in [-0.3, -0.25) is 0 Å². The van der Waals surface area contributed by atoms with Crippen molar-refractivity contribution in [3.63, 3.8) is 0 Å². The van der Waals surface area contributed by atoms with E-state index in [0.29, 0.717) is 6.61 Å². The topological polar surface area (TPSA) is 35.2 Å². The fourth-order valence-electron chi connectivity index (χ4n) is 1.07. The van der Waals surface area contributed by atoms with E-state index in [-0.39, 0.29) is 6.04 Å². The summed E-state index contributed by atoms with van der Waals surface area (Å²) in [5.74, 6) is 0. The van der Waals surface area contributed by atoms with Gasteiger partial charge in [0.2, 0.25) is 0 Å². The molecule has 1 rings (SSSR count). The van der Waals surface area contributed by atoms with Gasteiger partial charge in [0.15, 0.2) is 0 Å². The van der Waals surface area contributed by atoms with Crippen LogP contribution in [-0.4, -0.2) is 13.7 Å². The highest BCUT2D eigenvalue weighted by molar-refractivity contribution is 7.80. The summed E-state index contributed by atoms with van der Waals surface area (Å²) in [5.41, 5.74) is 6.86. The van der Waals surface area contributed by atoms with Crippen LogP contribution in [-0.2, 0) is 4.74 Å². The van der Waals surface area contributed by atoms with Crippen LogP contribution in [0.25, 0.3) is 0 Å². The van der Waals surface area contributed by atoms with Crippen molar-refractivity contribution < 1.29 is 4.74 Å². The molecule has 2 nitrogen and oxygen atoms in total. The van der Waals surface area contributed by atoms with Crippen molar-refractivity contribution in [3.05, 3.63) is 29.8 Å². The summed E-state index contributed by atoms with van der Waals surface area (Å²) in [6.07, 6.45) is 0. The fourth-order valence-corrected chi connectivity index (χ4v) is 1.40. The first-order valence-electron chi connectivity index (χ1n) is 3.78. The van der Waals surface area contributed by atoms with Crippen molar-refractivity contribution in [1.29, 1.82) is 0 Å². The highest BCUT2D eigenvalue weighted by Gasteiger charge is 2.07. The molecule has 12 heavy (non-hydrogen) atoms. The van der Waals surface area contributed by atoms with Crippen molar-refractivity contribution in [2.24, 2.45) is 5.73 Å². The molecule has 0 aliphatic heterocycles. The van der Waals surface area contributed by atoms with E-state index in [9.17, 15) is 0 Å². The van der Waals surface area contributed by atoms with Crippen LogP contribution < -0.4 is 5.73 Å². The minimum atomic E-state index is -0.0799. The van der Waals surface area contributed by atoms with Gasteiger partial charge in [0.25, 0.3) is 0 Å². The SMILES string of the molecule is COC[C@@H](N)c1ccccc1S. The molecule has 0 bridgehead atoms. The Morgan fingerprint density at radius 1 is 1.50 bits per heavy atom. The van der Waals surface area contributed by atoms with Crippen LogP contribution in [0.15, 0.2) is 29.2 Å². The molecule has 0 aliphatic rings. The van der Waals surface area contributed by atoms with Gasteiger partial charge < -0.3 is 10.5 Å². The molecule has 0 saturated heterocycles. The lowest BCUT2D eigenvalue weighted by molar-refractivity contribution is 0.180. The number of rotatable bonds is 3. The van der Waals surface area contributed by atoms with Crippen LogP contribution in [0.1, 0.15) is 11.6 Å². The second kappa shape index (κ2) is 4.50. The molecular formula is C9H13NOS. The second-order valence-corrected chi connectivity index (χ2v) is 3.10. The largest absolute Gasteiger partial charge is 0.383 e. The van der Waals surface area contributed by atoms with Crippen LogP contribution in [0.5, 0.6) is 0 Å². The monoisotopic (exact) mass is 183 g/mol. The molecule has 0 unspecified atom stereocenters. The standard InChI is InChI=1S/C9H13NOS/c1-11-6-8(10)7-4-2-3-5-9(7)12/h2-5,8,12H,6,10H2,1H3/t8-/m1/s1. The molecule has 1 aromatic carbocycles. The molecule has 3 heteroatoms. The minimum Gasteiger partial charge on any atom is -0.383 e. The molecule has 0 spiro atoms. The molecule has 1 aromatic rings. The molecule has 0 saturated carbocycles. The van der Waals surface area contributed by atoms with Gasteiger partial charge in [0.1, 0.15) is 0 Å². The molecule has 2 N–H and O–H groups in total.